The summed E-state index contributed by atoms with van der Waals surface area (Å²) in [6, 6.07) is 4.60. The second-order valence-corrected chi connectivity index (χ2v) is 4.32. The molecule has 88 valence electrons. The van der Waals surface area contributed by atoms with Gasteiger partial charge in [-0.2, -0.15) is 0 Å². The highest BCUT2D eigenvalue weighted by molar-refractivity contribution is 9.10. The monoisotopic (exact) mass is 288 g/mol. The lowest BCUT2D eigenvalue weighted by Gasteiger charge is -2.12. The van der Waals surface area contributed by atoms with E-state index in [2.05, 4.69) is 26.6 Å². The van der Waals surface area contributed by atoms with Gasteiger partial charge >= 0.3 is 0 Å². The fourth-order valence-electron chi connectivity index (χ4n) is 1.23. The molecule has 0 saturated heterocycles. The van der Waals surface area contributed by atoms with Crippen LogP contribution in [0, 0.1) is 5.82 Å². The summed E-state index contributed by atoms with van der Waals surface area (Å²) in [6.07, 6.45) is 0. The number of hydrogen-bond donors (Lipinski definition) is 2. The van der Waals surface area contributed by atoms with E-state index in [-0.39, 0.29) is 17.8 Å². The third-order valence-electron chi connectivity index (χ3n) is 2.24. The largest absolute Gasteiger partial charge is 0.358 e. The van der Waals surface area contributed by atoms with Crippen molar-refractivity contribution in [3.63, 3.8) is 0 Å². The van der Waals surface area contributed by atoms with Gasteiger partial charge in [0.25, 0.3) is 0 Å². The maximum atomic E-state index is 13.2. The first-order chi connectivity index (χ1) is 7.54. The second kappa shape index (κ2) is 5.96. The van der Waals surface area contributed by atoms with Crippen molar-refractivity contribution in [2.75, 3.05) is 7.05 Å². The molecule has 0 heterocycles. The van der Waals surface area contributed by atoms with Crippen molar-refractivity contribution in [2.45, 2.75) is 19.5 Å². The molecule has 0 aliphatic rings. The summed E-state index contributed by atoms with van der Waals surface area (Å²) in [7, 11) is 1.58. The van der Waals surface area contributed by atoms with Crippen molar-refractivity contribution in [1.82, 2.24) is 10.6 Å². The topological polar surface area (TPSA) is 41.1 Å². The fraction of sp³-hybridized carbons (Fsp3) is 0.364. The Balaban J connectivity index is 2.55. The van der Waals surface area contributed by atoms with Gasteiger partial charge in [0.15, 0.2) is 0 Å². The summed E-state index contributed by atoms with van der Waals surface area (Å²) in [5, 5.41) is 5.54. The van der Waals surface area contributed by atoms with Gasteiger partial charge in [0, 0.05) is 13.6 Å². The van der Waals surface area contributed by atoms with Crippen molar-refractivity contribution >= 4 is 21.8 Å². The van der Waals surface area contributed by atoms with Gasteiger partial charge in [0.05, 0.1) is 10.5 Å². The lowest BCUT2D eigenvalue weighted by atomic mass is 10.2. The normalized spacial score (nSPS) is 12.2. The van der Waals surface area contributed by atoms with Gasteiger partial charge < -0.3 is 10.6 Å². The molecule has 2 N–H and O–H groups in total. The van der Waals surface area contributed by atoms with Crippen molar-refractivity contribution in [3.8, 4) is 0 Å². The number of nitrogens with one attached hydrogen (secondary N) is 2. The van der Waals surface area contributed by atoms with Gasteiger partial charge in [0.1, 0.15) is 5.82 Å². The Morgan fingerprint density at radius 1 is 1.56 bits per heavy atom. The van der Waals surface area contributed by atoms with E-state index in [0.717, 1.165) is 5.56 Å². The average Bonchev–Trinajstić information content (AvgIpc) is 2.29. The Bertz CT molecular complexity index is 384. The molecule has 0 bridgehead atoms. The minimum Gasteiger partial charge on any atom is -0.358 e. The van der Waals surface area contributed by atoms with Crippen molar-refractivity contribution < 1.29 is 9.18 Å². The maximum Gasteiger partial charge on any atom is 0.236 e. The van der Waals surface area contributed by atoms with E-state index < -0.39 is 0 Å². The average molecular weight is 289 g/mol. The quantitative estimate of drug-likeness (QED) is 0.887. The minimum atomic E-state index is -0.299. The van der Waals surface area contributed by atoms with Crippen molar-refractivity contribution in [1.29, 1.82) is 0 Å². The van der Waals surface area contributed by atoms with Crippen LogP contribution in [0.3, 0.4) is 0 Å². The molecule has 1 atom stereocenters. The Kier molecular flexibility index (Phi) is 4.89. The number of amides is 1. The number of rotatable bonds is 4. The van der Waals surface area contributed by atoms with E-state index in [1.165, 1.54) is 6.07 Å². The summed E-state index contributed by atoms with van der Waals surface area (Å²) >= 11 is 3.08. The molecule has 0 aliphatic heterocycles. The molecule has 1 rings (SSSR count). The smallest absolute Gasteiger partial charge is 0.236 e. The Morgan fingerprint density at radius 2 is 2.25 bits per heavy atom. The number of carbonyl (C=O) groups is 1. The maximum absolute atomic E-state index is 13.2. The molecule has 0 fully saturated rings. The van der Waals surface area contributed by atoms with Crippen LogP contribution in [-0.2, 0) is 11.3 Å². The number of hydrogen-bond acceptors (Lipinski definition) is 2. The molecule has 16 heavy (non-hydrogen) atoms. The van der Waals surface area contributed by atoms with E-state index in [0.29, 0.717) is 11.0 Å². The summed E-state index contributed by atoms with van der Waals surface area (Å²) in [5.74, 6) is -0.385. The zero-order chi connectivity index (χ0) is 12.1. The highest BCUT2D eigenvalue weighted by Crippen LogP contribution is 2.16. The van der Waals surface area contributed by atoms with Gasteiger partial charge in [-0.25, -0.2) is 4.39 Å². The predicted molar refractivity (Wildman–Crippen MR) is 64.5 cm³/mol. The predicted octanol–water partition coefficient (Wildman–Crippen LogP) is 1.81. The highest BCUT2D eigenvalue weighted by Gasteiger charge is 2.09. The molecule has 3 nitrogen and oxygen atoms in total. The van der Waals surface area contributed by atoms with Crippen LogP contribution in [0.1, 0.15) is 12.5 Å². The standard InChI is InChI=1S/C11H14BrFN2O/c1-7(11(16)14-2)15-6-8-3-4-9(12)10(13)5-8/h3-5,7,15H,6H2,1-2H3,(H,14,16)/t7-/m1/s1. The summed E-state index contributed by atoms with van der Waals surface area (Å²) in [5.41, 5.74) is 0.802. The van der Waals surface area contributed by atoms with Crippen LogP contribution >= 0.6 is 15.9 Å². The molecule has 0 unspecified atom stereocenters. The lowest BCUT2D eigenvalue weighted by molar-refractivity contribution is -0.122. The highest BCUT2D eigenvalue weighted by atomic mass is 79.9. The van der Waals surface area contributed by atoms with E-state index in [9.17, 15) is 9.18 Å². The Labute approximate surface area is 103 Å². The molecule has 1 amide bonds. The van der Waals surface area contributed by atoms with Crippen LogP contribution in [0.15, 0.2) is 22.7 Å². The van der Waals surface area contributed by atoms with Crippen LogP contribution < -0.4 is 10.6 Å². The van der Waals surface area contributed by atoms with Gasteiger partial charge in [-0.3, -0.25) is 4.79 Å². The Hall–Kier alpha value is -0.940. The van der Waals surface area contributed by atoms with E-state index >= 15 is 0 Å². The molecule has 0 radical (unpaired) electrons. The summed E-state index contributed by atoms with van der Waals surface area (Å²) in [6.45, 7) is 2.22. The Morgan fingerprint density at radius 3 is 2.81 bits per heavy atom. The third-order valence-corrected chi connectivity index (χ3v) is 2.88. The third kappa shape index (κ3) is 3.57. The van der Waals surface area contributed by atoms with Gasteiger partial charge in [-0.05, 0) is 40.5 Å². The van der Waals surface area contributed by atoms with Gasteiger partial charge in [-0.1, -0.05) is 6.07 Å². The SMILES string of the molecule is CNC(=O)[C@@H](C)NCc1ccc(Br)c(F)c1. The first-order valence-electron chi connectivity index (χ1n) is 4.93. The summed E-state index contributed by atoms with van der Waals surface area (Å²) < 4.78 is 13.6. The number of benzene rings is 1. The van der Waals surface area contributed by atoms with Crippen LogP contribution in [0.25, 0.3) is 0 Å². The first kappa shape index (κ1) is 13.1. The van der Waals surface area contributed by atoms with Crippen molar-refractivity contribution in [3.05, 3.63) is 34.1 Å². The zero-order valence-electron chi connectivity index (χ0n) is 9.18. The molecule has 1 aromatic carbocycles. The van der Waals surface area contributed by atoms with Crippen molar-refractivity contribution in [2.24, 2.45) is 0 Å². The van der Waals surface area contributed by atoms with Crippen LogP contribution in [0.2, 0.25) is 0 Å². The van der Waals surface area contributed by atoms with Crippen LogP contribution in [0.4, 0.5) is 4.39 Å². The number of halogens is 2. The lowest BCUT2D eigenvalue weighted by Crippen LogP contribution is -2.40. The molecule has 0 aliphatic carbocycles. The molecule has 0 spiro atoms. The number of likely N-dealkylation sites (N-methyl/N-ethyl adjacent to an activating group) is 1. The molecule has 5 heteroatoms. The summed E-state index contributed by atoms with van der Waals surface area (Å²) in [4.78, 5) is 11.2. The molecular formula is C11H14BrFN2O. The molecule has 1 aromatic rings. The molecule has 0 aromatic heterocycles. The van der Waals surface area contributed by atoms with Gasteiger partial charge in [0.2, 0.25) is 5.91 Å². The van der Waals surface area contributed by atoms with Gasteiger partial charge in [-0.15, -0.1) is 0 Å². The fourth-order valence-corrected chi connectivity index (χ4v) is 1.48. The number of carbonyl (C=O) groups excluding carboxylic acids is 1. The van der Waals surface area contributed by atoms with Crippen LogP contribution in [-0.4, -0.2) is 19.0 Å². The van der Waals surface area contributed by atoms with E-state index in [4.69, 9.17) is 0 Å². The van der Waals surface area contributed by atoms with E-state index in [1.54, 1.807) is 26.1 Å². The second-order valence-electron chi connectivity index (χ2n) is 3.47. The van der Waals surface area contributed by atoms with E-state index in [1.807, 2.05) is 0 Å². The minimum absolute atomic E-state index is 0.0856. The molecule has 0 saturated carbocycles. The zero-order valence-corrected chi connectivity index (χ0v) is 10.8. The van der Waals surface area contributed by atoms with Crippen LogP contribution in [0.5, 0.6) is 0 Å². The first-order valence-corrected chi connectivity index (χ1v) is 5.72. The molecular weight excluding hydrogens is 275 g/mol.